The van der Waals surface area contributed by atoms with E-state index in [9.17, 15) is 0 Å². The Bertz CT molecular complexity index is 5270. The topological polar surface area (TPSA) is 243 Å². The van der Waals surface area contributed by atoms with Crippen LogP contribution in [0.25, 0.3) is 0 Å². The number of hydrogen-bond donors (Lipinski definition) is 12. The van der Waals surface area contributed by atoms with E-state index >= 15 is 0 Å². The quantitative estimate of drug-likeness (QED) is 0.0201. The zero-order chi connectivity index (χ0) is 86.1. The van der Waals surface area contributed by atoms with Crippen molar-refractivity contribution in [3.8, 4) is 69.0 Å². The zero-order valence-corrected chi connectivity index (χ0v) is 63.4. The molecule has 0 aliphatic heterocycles. The van der Waals surface area contributed by atoms with Gasteiger partial charge in [-0.25, -0.2) is 0 Å². The normalized spacial score (nSPS) is 12.2. The molecule has 12 nitrogen and oxygen atoms in total. The van der Waals surface area contributed by atoms with Crippen LogP contribution in [-0.4, -0.2) is 78.5 Å². The summed E-state index contributed by atoms with van der Waals surface area (Å²) in [5.74, 6) is 5.95. The van der Waals surface area contributed by atoms with E-state index in [0.717, 1.165) is 178 Å². The largest absolute Gasteiger partial charge is 0.508 e. The number of hydrogen-bond acceptors (Lipinski definition) is 12. The first kappa shape index (κ1) is 62.6. The van der Waals surface area contributed by atoms with E-state index in [1.807, 2.05) is 168 Å². The summed E-state index contributed by atoms with van der Waals surface area (Å²) in [5, 5.41) is 59.0. The van der Waals surface area contributed by atoms with Crippen molar-refractivity contribution in [2.75, 3.05) is 0 Å². The lowest BCUT2D eigenvalue weighted by Gasteiger charge is -2.20. The van der Waals surface area contributed by atoms with Crippen LogP contribution in [0.2, 0.25) is 0 Å². The third-order valence-corrected chi connectivity index (χ3v) is 21.0. The maximum Gasteiger partial charge on any atom is 0.293 e. The van der Waals surface area contributed by atoms with Crippen molar-refractivity contribution in [1.82, 2.24) is 0 Å². The highest BCUT2D eigenvalue weighted by Gasteiger charge is 2.23. The number of phenolic OH excluding ortho intramolecular Hbond substituents is 12. The minimum atomic E-state index is 0.461. The van der Waals surface area contributed by atoms with Gasteiger partial charge in [0.1, 0.15) is 69.0 Å². The highest BCUT2D eigenvalue weighted by Crippen LogP contribution is 2.41. The van der Waals surface area contributed by atoms with Crippen LogP contribution in [0.15, 0.2) is 170 Å². The molecule has 0 bridgehead atoms. The fraction of sp³-hybridized carbons (Fsp3) is 0.242. The Labute approximate surface area is 647 Å². The summed E-state index contributed by atoms with van der Waals surface area (Å²) < 4.78 is 90.3. The summed E-state index contributed by atoms with van der Waals surface area (Å²) in [6.07, 6.45) is 4.96. The summed E-state index contributed by atoms with van der Waals surface area (Å²) in [5.41, 5.74) is 31.1. The molecule has 0 heterocycles. The Hall–Kier alpha value is -11.8. The van der Waals surface area contributed by atoms with Gasteiger partial charge in [0, 0.05) is 60.8 Å². The van der Waals surface area contributed by atoms with Gasteiger partial charge in [-0.2, -0.15) is 0 Å². The van der Waals surface area contributed by atoms with Gasteiger partial charge in [-0.15, -0.1) is 0 Å². The molecule has 0 unspecified atom stereocenters. The minimum Gasteiger partial charge on any atom is -0.508 e. The van der Waals surface area contributed by atoms with Gasteiger partial charge in [0.2, 0.25) is 0 Å². The molecule has 552 valence electrons. The van der Waals surface area contributed by atoms with Crippen LogP contribution >= 0.6 is 0 Å². The van der Waals surface area contributed by atoms with Crippen LogP contribution in [-0.2, 0) is 57.8 Å². The van der Waals surface area contributed by atoms with E-state index in [4.69, 9.17) is 68.3 Å². The number of aromatic hydroxyl groups is 12. The molecule has 12 rings (SSSR count). The lowest BCUT2D eigenvalue weighted by Crippen LogP contribution is -2.05. The van der Waals surface area contributed by atoms with Crippen LogP contribution in [0, 0.1) is 96.9 Å². The summed E-state index contributed by atoms with van der Waals surface area (Å²) in [6.45, 7) is 27.8. The van der Waals surface area contributed by atoms with E-state index in [1.54, 1.807) is 48.5 Å². The molecule has 0 atom stereocenters. The smallest absolute Gasteiger partial charge is 0.293 e. The second-order valence-corrected chi connectivity index (χ2v) is 29.2. The van der Waals surface area contributed by atoms with Crippen molar-refractivity contribution in [2.45, 2.75) is 155 Å². The molecule has 12 aromatic rings. The predicted octanol–water partition coefficient (Wildman–Crippen LogP) is 20.2. The summed E-state index contributed by atoms with van der Waals surface area (Å²) >= 11 is 0. The van der Waals surface area contributed by atoms with E-state index in [1.165, 1.54) is 0 Å². The van der Waals surface area contributed by atoms with Crippen molar-refractivity contribution in [3.63, 3.8) is 0 Å². The van der Waals surface area contributed by atoms with Gasteiger partial charge in [-0.05, 0) is 310 Å². The number of aryl methyl sites for hydroxylation is 8. The van der Waals surface area contributed by atoms with E-state index in [-0.39, 0.29) is 0 Å². The first-order chi connectivity index (χ1) is 57.1. The predicted molar refractivity (Wildman–Crippen MR) is 429 cm³/mol. The molecule has 12 aromatic carbocycles. The lowest BCUT2D eigenvalue weighted by molar-refractivity contribution is 0.459. The molecule has 0 spiro atoms. The van der Waals surface area contributed by atoms with Crippen LogP contribution in [0.4, 0.5) is 0 Å². The first-order valence-corrected chi connectivity index (χ1v) is 36.0. The van der Waals surface area contributed by atoms with Gasteiger partial charge >= 0.3 is 0 Å². The number of rotatable bonds is 30. The molecule has 0 amide bonds. The molecule has 0 aliphatic rings. The van der Waals surface area contributed by atoms with E-state index in [0.29, 0.717) is 127 Å². The Balaban J connectivity index is 0.000000188. The first-order valence-electron chi connectivity index (χ1n) is 40.9. The fourth-order valence-corrected chi connectivity index (χ4v) is 14.4. The fourth-order valence-electron chi connectivity index (χ4n) is 14.4. The maximum absolute atomic E-state index is 7.79. The molecule has 0 saturated heterocycles. The average Bonchev–Trinajstić information content (AvgIpc) is 0.781. The van der Waals surface area contributed by atoms with Crippen molar-refractivity contribution < 1.29 is 61.3 Å². The van der Waals surface area contributed by atoms with Gasteiger partial charge in [-0.3, -0.25) is 0 Å². The second-order valence-electron chi connectivity index (χ2n) is 29.2. The number of benzene rings is 12. The Kier molecular flexibility index (Phi) is 19.4. The standard InChI is InChI=1S/C33H36O4.2C31H32O4/c1-18-7-9-30(34)26(11-18)16-28-22(5)24(13-20(3)32(28)36)15-25-14-21(4)33(37)29(23(25)6)17-27-12-19(2)8-10-31(27)35;1-18-13-24(20(3)28(30(18)34)15-22-5-9-26(32)10-6-22)17-25-14-19(2)31(35)29(21(25)4)16-23-7-11-27(33)12-8-23;1-18-5-7-28(32)26(9-18)16-24-12-22(14-30(34)20(24)3)11-23-13-25(21(4)31(35)15-23)17-27-10-19(2)6-8-29(27)33/h7-14,34-37H,15-17H2,1-6H3;5-14,32-35H,15-17H2,1-4H3;5-10,12-15,32-35H,11,16-17H2,1-4H3/i/hD12. The Morgan fingerprint density at radius 2 is 0.458 bits per heavy atom. The van der Waals surface area contributed by atoms with Gasteiger partial charge in [-0.1, -0.05) is 131 Å². The third kappa shape index (κ3) is 18.5. The summed E-state index contributed by atoms with van der Waals surface area (Å²) in [7, 11) is 0. The summed E-state index contributed by atoms with van der Waals surface area (Å²) in [6, 6.07) is 53.7. The van der Waals surface area contributed by atoms with Crippen molar-refractivity contribution in [3.05, 3.63) is 348 Å². The molecular weight excluding hydrogens is 1330 g/mol. The molecule has 0 aromatic heterocycles. The summed E-state index contributed by atoms with van der Waals surface area (Å²) in [4.78, 5) is 0. The van der Waals surface area contributed by atoms with Crippen LogP contribution < -0.4 is 0 Å². The van der Waals surface area contributed by atoms with Crippen LogP contribution in [0.1, 0.15) is 178 Å². The number of phenols is 12. The molecule has 12 heteroatoms. The Morgan fingerprint density at radius 3 is 0.729 bits per heavy atom. The molecular formula is C95H100O12. The van der Waals surface area contributed by atoms with Gasteiger partial charge in [0.25, 0.3) is 17.2 Å². The molecule has 12 N–H and O–H groups in total. The molecule has 0 fully saturated rings. The van der Waals surface area contributed by atoms with Crippen LogP contribution in [0.3, 0.4) is 0 Å². The van der Waals surface area contributed by atoms with Crippen molar-refractivity contribution >= 4 is 0 Å². The second kappa shape index (κ2) is 33.1. The van der Waals surface area contributed by atoms with Gasteiger partial charge < -0.3 is 61.3 Å². The van der Waals surface area contributed by atoms with Gasteiger partial charge in [0.15, 0.2) is 0 Å². The maximum atomic E-state index is 7.79. The molecule has 0 saturated carbocycles. The zero-order valence-electron chi connectivity index (χ0n) is 75.4. The van der Waals surface area contributed by atoms with Gasteiger partial charge in [0.05, 0.1) is 0 Å². The third-order valence-electron chi connectivity index (χ3n) is 21.0. The minimum absolute atomic E-state index is 0.461. The van der Waals surface area contributed by atoms with E-state index < -0.39 is 0 Å². The SMILES string of the molecule is [2H]Oc1ccc(C)cc1Cc1c(C)c(Cc2cc(C)c(O[2H])c(Cc3cc(C)ccc3O[2H])c2C)cc(C)c1O[2H].[2H]Oc1ccc(C)cc1Cc1cc(Cc2cc(Cc3cc(C)ccc3O[2H])c(C)c(O[2H])c2)cc(O[2H])c1C.[2H]Oc1ccc(Cc2c(C)c(Cc3cc(C)c(O[2H])c(Cc4ccc(O[2H])cc4)c3C)cc(C)c2O[2H])cc1. The van der Waals surface area contributed by atoms with Crippen LogP contribution in [0.5, 0.6) is 69.0 Å². The highest BCUT2D eigenvalue weighted by atomic mass is 16.3. The Morgan fingerprint density at radius 1 is 0.196 bits per heavy atom. The highest BCUT2D eigenvalue weighted by molar-refractivity contribution is 5.60. The molecule has 0 aliphatic carbocycles. The molecule has 107 heavy (non-hydrogen) atoms. The lowest BCUT2D eigenvalue weighted by atomic mass is 9.86. The van der Waals surface area contributed by atoms with Crippen molar-refractivity contribution in [1.29, 1.82) is 17.2 Å². The monoisotopic (exact) mass is 1440 g/mol. The molecule has 0 radical (unpaired) electrons. The van der Waals surface area contributed by atoms with Crippen molar-refractivity contribution in [2.24, 2.45) is 0 Å². The van der Waals surface area contributed by atoms with E-state index in [2.05, 4.69) is 60.5 Å². The average molecular weight is 1450 g/mol.